The Kier molecular flexibility index (Phi) is 5.11. The van der Waals surface area contributed by atoms with Crippen LogP contribution in [0.3, 0.4) is 0 Å². The van der Waals surface area contributed by atoms with Crippen molar-refractivity contribution in [1.29, 1.82) is 0 Å². The molecule has 2 N–H and O–H groups in total. The quantitative estimate of drug-likeness (QED) is 0.774. The number of aliphatic carboxylic acids is 1. The zero-order chi connectivity index (χ0) is 13.6. The monoisotopic (exact) mass is 273 g/mol. The van der Waals surface area contributed by atoms with Crippen LogP contribution in [0.1, 0.15) is 12.5 Å². The summed E-state index contributed by atoms with van der Waals surface area (Å²) in [6.45, 7) is 2.61. The molecule has 0 aliphatic heterocycles. The van der Waals surface area contributed by atoms with Gasteiger partial charge in [0.25, 0.3) is 0 Å². The predicted octanol–water partition coefficient (Wildman–Crippen LogP) is 1.05. The van der Waals surface area contributed by atoms with Crippen molar-refractivity contribution in [1.82, 2.24) is 0 Å². The van der Waals surface area contributed by atoms with Crippen molar-refractivity contribution in [2.24, 2.45) is 0 Å². The van der Waals surface area contributed by atoms with Gasteiger partial charge in [-0.3, -0.25) is 9.52 Å². The second-order valence-electron chi connectivity index (χ2n) is 3.55. The molecule has 0 unspecified atom stereocenters. The van der Waals surface area contributed by atoms with Crippen molar-refractivity contribution in [2.75, 3.05) is 17.1 Å². The van der Waals surface area contributed by atoms with Gasteiger partial charge in [-0.15, -0.1) is 0 Å². The Bertz CT molecular complexity index is 512. The van der Waals surface area contributed by atoms with Crippen molar-refractivity contribution in [3.63, 3.8) is 0 Å². The molecule has 1 aromatic carbocycles. The molecule has 0 aliphatic rings. The van der Waals surface area contributed by atoms with E-state index in [0.717, 1.165) is 0 Å². The lowest BCUT2D eigenvalue weighted by Crippen LogP contribution is -2.23. The van der Waals surface area contributed by atoms with Crippen LogP contribution in [0.25, 0.3) is 0 Å². The summed E-state index contributed by atoms with van der Waals surface area (Å²) in [7, 11) is -3.89. The third kappa shape index (κ3) is 4.72. The highest BCUT2D eigenvalue weighted by Gasteiger charge is 2.16. The Labute approximate surface area is 106 Å². The van der Waals surface area contributed by atoms with E-state index in [9.17, 15) is 13.2 Å². The standard InChI is InChI=1S/C11H15NO5S/c1-2-17-7-9-5-3-4-6-10(9)12-18(15,16)8-11(13)14/h3-6,12H,2,7-8H2,1H3,(H,13,14). The number of anilines is 1. The average Bonchev–Trinajstić information content (AvgIpc) is 2.25. The highest BCUT2D eigenvalue weighted by Crippen LogP contribution is 2.17. The minimum absolute atomic E-state index is 0.266. The zero-order valence-electron chi connectivity index (χ0n) is 9.92. The lowest BCUT2D eigenvalue weighted by Gasteiger charge is -2.11. The number of ether oxygens (including phenoxy) is 1. The lowest BCUT2D eigenvalue weighted by atomic mass is 10.2. The average molecular weight is 273 g/mol. The lowest BCUT2D eigenvalue weighted by molar-refractivity contribution is -0.134. The summed E-state index contributed by atoms with van der Waals surface area (Å²) in [4.78, 5) is 10.4. The Morgan fingerprint density at radius 1 is 1.39 bits per heavy atom. The Morgan fingerprint density at radius 3 is 2.67 bits per heavy atom. The topological polar surface area (TPSA) is 92.7 Å². The van der Waals surface area contributed by atoms with E-state index < -0.39 is 21.7 Å². The van der Waals surface area contributed by atoms with E-state index in [1.54, 1.807) is 24.3 Å². The van der Waals surface area contributed by atoms with Gasteiger partial charge in [-0.2, -0.15) is 0 Å². The van der Waals surface area contributed by atoms with Crippen molar-refractivity contribution < 1.29 is 23.1 Å². The first-order valence-corrected chi connectivity index (χ1v) is 6.98. The summed E-state index contributed by atoms with van der Waals surface area (Å²) in [5, 5.41) is 8.49. The molecule has 0 amide bonds. The number of benzene rings is 1. The fraction of sp³-hybridized carbons (Fsp3) is 0.364. The first-order valence-electron chi connectivity index (χ1n) is 5.32. The first-order chi connectivity index (χ1) is 8.44. The fourth-order valence-electron chi connectivity index (χ4n) is 1.32. The number of carbonyl (C=O) groups is 1. The summed E-state index contributed by atoms with van der Waals surface area (Å²) in [6, 6.07) is 6.69. The van der Waals surface area contributed by atoms with Gasteiger partial charge in [0, 0.05) is 12.2 Å². The van der Waals surface area contributed by atoms with Crippen LogP contribution in [-0.2, 0) is 26.2 Å². The predicted molar refractivity (Wildman–Crippen MR) is 66.8 cm³/mol. The van der Waals surface area contributed by atoms with Gasteiger partial charge < -0.3 is 9.84 Å². The second-order valence-corrected chi connectivity index (χ2v) is 5.27. The summed E-state index contributed by atoms with van der Waals surface area (Å²) in [5.41, 5.74) is 1.00. The molecule has 6 nitrogen and oxygen atoms in total. The van der Waals surface area contributed by atoms with Crippen LogP contribution in [0.2, 0.25) is 0 Å². The van der Waals surface area contributed by atoms with Gasteiger partial charge in [-0.05, 0) is 13.0 Å². The number of carboxylic acid groups (broad SMARTS) is 1. The van der Waals surface area contributed by atoms with Gasteiger partial charge in [0.2, 0.25) is 10.0 Å². The molecule has 0 saturated heterocycles. The van der Waals surface area contributed by atoms with Crippen LogP contribution in [0.15, 0.2) is 24.3 Å². The van der Waals surface area contributed by atoms with Gasteiger partial charge >= 0.3 is 5.97 Å². The van der Waals surface area contributed by atoms with Gasteiger partial charge in [0.05, 0.1) is 12.3 Å². The highest BCUT2D eigenvalue weighted by molar-refractivity contribution is 7.93. The Hall–Kier alpha value is -1.60. The maximum Gasteiger partial charge on any atom is 0.320 e. The number of hydrogen-bond acceptors (Lipinski definition) is 4. The smallest absolute Gasteiger partial charge is 0.320 e. The van der Waals surface area contributed by atoms with Crippen LogP contribution in [0.4, 0.5) is 5.69 Å². The SMILES string of the molecule is CCOCc1ccccc1NS(=O)(=O)CC(=O)O. The Balaban J connectivity index is 2.86. The van der Waals surface area contributed by atoms with Crippen LogP contribution in [0, 0.1) is 0 Å². The van der Waals surface area contributed by atoms with Gasteiger partial charge in [-0.25, -0.2) is 8.42 Å². The molecule has 0 spiro atoms. The maximum absolute atomic E-state index is 11.5. The van der Waals surface area contributed by atoms with Crippen molar-refractivity contribution >= 4 is 21.7 Å². The number of hydrogen-bond donors (Lipinski definition) is 2. The van der Waals surface area contributed by atoms with Gasteiger partial charge in [0.15, 0.2) is 5.75 Å². The van der Waals surface area contributed by atoms with E-state index in [1.165, 1.54) is 0 Å². The van der Waals surface area contributed by atoms with E-state index in [2.05, 4.69) is 4.72 Å². The van der Waals surface area contributed by atoms with Crippen LogP contribution >= 0.6 is 0 Å². The number of carboxylic acids is 1. The molecular formula is C11H15NO5S. The van der Waals surface area contributed by atoms with E-state index in [4.69, 9.17) is 9.84 Å². The molecule has 0 saturated carbocycles. The molecule has 7 heteroatoms. The minimum Gasteiger partial charge on any atom is -0.480 e. The molecule has 0 bridgehead atoms. The molecule has 0 heterocycles. The number of rotatable bonds is 7. The number of nitrogens with one attached hydrogen (secondary N) is 1. The largest absolute Gasteiger partial charge is 0.480 e. The molecule has 100 valence electrons. The second kappa shape index (κ2) is 6.36. The van der Waals surface area contributed by atoms with Gasteiger partial charge in [-0.1, -0.05) is 18.2 Å². The summed E-state index contributed by atoms with van der Waals surface area (Å²) >= 11 is 0. The summed E-state index contributed by atoms with van der Waals surface area (Å²) in [5.74, 6) is -2.36. The van der Waals surface area contributed by atoms with Crippen molar-refractivity contribution in [3.8, 4) is 0 Å². The normalized spacial score (nSPS) is 11.2. The zero-order valence-corrected chi connectivity index (χ0v) is 10.7. The van der Waals surface area contributed by atoms with Crippen molar-refractivity contribution in [3.05, 3.63) is 29.8 Å². The van der Waals surface area contributed by atoms with Crippen LogP contribution in [0.5, 0.6) is 0 Å². The summed E-state index contributed by atoms with van der Waals surface area (Å²) in [6.07, 6.45) is 0. The molecule has 1 aromatic rings. The first kappa shape index (κ1) is 14.5. The van der Waals surface area contributed by atoms with E-state index >= 15 is 0 Å². The maximum atomic E-state index is 11.5. The molecular weight excluding hydrogens is 258 g/mol. The molecule has 0 aromatic heterocycles. The van der Waals surface area contributed by atoms with Gasteiger partial charge in [0.1, 0.15) is 0 Å². The van der Waals surface area contributed by atoms with E-state index in [1.807, 2.05) is 6.92 Å². The van der Waals surface area contributed by atoms with E-state index in [0.29, 0.717) is 17.9 Å². The van der Waals surface area contributed by atoms with Crippen LogP contribution < -0.4 is 4.72 Å². The molecule has 0 atom stereocenters. The highest BCUT2D eigenvalue weighted by atomic mass is 32.2. The minimum atomic E-state index is -3.89. The van der Waals surface area contributed by atoms with E-state index in [-0.39, 0.29) is 6.61 Å². The molecule has 18 heavy (non-hydrogen) atoms. The molecule has 0 radical (unpaired) electrons. The molecule has 0 aliphatic carbocycles. The summed E-state index contributed by atoms with van der Waals surface area (Å²) < 4.78 is 30.5. The third-order valence-electron chi connectivity index (χ3n) is 2.06. The fourth-order valence-corrected chi connectivity index (χ4v) is 2.26. The van der Waals surface area contributed by atoms with Crippen molar-refractivity contribution in [2.45, 2.75) is 13.5 Å². The number of sulfonamides is 1. The number of para-hydroxylation sites is 1. The van der Waals surface area contributed by atoms with Crippen LogP contribution in [-0.4, -0.2) is 31.9 Å². The molecule has 1 rings (SSSR count). The third-order valence-corrected chi connectivity index (χ3v) is 3.22. The Morgan fingerprint density at radius 2 is 2.06 bits per heavy atom. The molecule has 0 fully saturated rings.